The lowest BCUT2D eigenvalue weighted by molar-refractivity contribution is -0.192. The molecular formula is C26H30ClF3N2O5. The summed E-state index contributed by atoms with van der Waals surface area (Å²) in [5.41, 5.74) is 1.99. The fourth-order valence-corrected chi connectivity index (χ4v) is 5.54. The number of likely N-dealkylation sites (N-methyl/N-ethyl adjacent to an activating group) is 1. The quantitative estimate of drug-likeness (QED) is 0.566. The van der Waals surface area contributed by atoms with Crippen molar-refractivity contribution in [3.05, 3.63) is 58.6 Å². The lowest BCUT2D eigenvalue weighted by Crippen LogP contribution is -2.47. The number of nitrogens with zero attached hydrogens (tertiary/aromatic N) is 1. The van der Waals surface area contributed by atoms with Crippen molar-refractivity contribution in [3.8, 4) is 11.5 Å². The van der Waals surface area contributed by atoms with E-state index in [2.05, 4.69) is 29.4 Å². The van der Waals surface area contributed by atoms with Crippen molar-refractivity contribution in [1.82, 2.24) is 10.2 Å². The van der Waals surface area contributed by atoms with Gasteiger partial charge in [-0.1, -0.05) is 23.7 Å². The van der Waals surface area contributed by atoms with Crippen LogP contribution >= 0.6 is 11.6 Å². The van der Waals surface area contributed by atoms with E-state index in [0.29, 0.717) is 16.5 Å². The zero-order valence-corrected chi connectivity index (χ0v) is 21.5. The molecule has 1 aliphatic carbocycles. The Hall–Kier alpha value is -2.98. The fourth-order valence-electron chi connectivity index (χ4n) is 5.35. The predicted octanol–water partition coefficient (Wildman–Crippen LogP) is 4.77. The molecule has 1 saturated heterocycles. The third kappa shape index (κ3) is 6.67. The van der Waals surface area contributed by atoms with Crippen LogP contribution in [0.15, 0.2) is 42.5 Å². The number of nitrogens with one attached hydrogen (secondary N) is 1. The van der Waals surface area contributed by atoms with E-state index in [1.165, 1.54) is 5.56 Å². The second-order valence-electron chi connectivity index (χ2n) is 9.38. The van der Waals surface area contributed by atoms with Gasteiger partial charge in [0.05, 0.1) is 14.2 Å². The number of carbonyl (C=O) groups excluding carboxylic acids is 1. The third-order valence-electron chi connectivity index (χ3n) is 7.00. The number of halogens is 4. The van der Waals surface area contributed by atoms with E-state index < -0.39 is 12.1 Å². The largest absolute Gasteiger partial charge is 0.493 e. The number of hydrogen-bond acceptors (Lipinski definition) is 5. The summed E-state index contributed by atoms with van der Waals surface area (Å²) in [7, 11) is 5.52. The summed E-state index contributed by atoms with van der Waals surface area (Å²) in [5.74, 6) is -0.809. The minimum absolute atomic E-state index is 0.0486. The highest BCUT2D eigenvalue weighted by molar-refractivity contribution is 6.30. The lowest BCUT2D eigenvalue weighted by atomic mass is 9.63. The van der Waals surface area contributed by atoms with E-state index >= 15 is 0 Å². The van der Waals surface area contributed by atoms with Crippen LogP contribution in [-0.4, -0.2) is 68.5 Å². The maximum atomic E-state index is 12.7. The molecule has 0 aromatic heterocycles. The molecule has 0 spiro atoms. The van der Waals surface area contributed by atoms with E-state index in [1.807, 2.05) is 12.1 Å². The van der Waals surface area contributed by atoms with Gasteiger partial charge in [-0.2, -0.15) is 13.2 Å². The number of ether oxygens (including phenoxy) is 2. The number of alkyl halides is 3. The first-order valence-corrected chi connectivity index (χ1v) is 12.0. The highest BCUT2D eigenvalue weighted by Gasteiger charge is 2.50. The van der Waals surface area contributed by atoms with Gasteiger partial charge in [-0.15, -0.1) is 0 Å². The van der Waals surface area contributed by atoms with Gasteiger partial charge in [0.15, 0.2) is 11.5 Å². The molecule has 2 aliphatic rings. The number of rotatable bonds is 5. The van der Waals surface area contributed by atoms with Gasteiger partial charge in [-0.3, -0.25) is 4.79 Å². The highest BCUT2D eigenvalue weighted by atomic mass is 35.5. The van der Waals surface area contributed by atoms with Crippen LogP contribution in [-0.2, 0) is 10.2 Å². The van der Waals surface area contributed by atoms with E-state index in [0.717, 1.165) is 43.9 Å². The van der Waals surface area contributed by atoms with E-state index in [-0.39, 0.29) is 17.4 Å². The molecule has 37 heavy (non-hydrogen) atoms. The SMILES string of the molecule is COc1ccc([C@@]23CC[C@@H](NC(=O)c4cccc(Cl)c4)C[C@@H]2CN(C)C3)cc1OC.O=C(O)C(F)(F)F. The van der Waals surface area contributed by atoms with Crippen LogP contribution in [0.1, 0.15) is 35.2 Å². The standard InChI is InChI=1S/C24H29ClN2O3.C2HF3O2/c1-27-14-18-12-20(26-23(28)16-5-4-6-19(25)11-16)9-10-24(18,15-27)17-7-8-21(29-2)22(13-17)30-3;3-2(4,5)1(6)7/h4-8,11,13,18,20H,9-10,12,14-15H2,1-3H3,(H,26,28);(H,6,7)/t18-,20-,24+;/m1./s1. The van der Waals surface area contributed by atoms with Crippen LogP contribution in [0.3, 0.4) is 0 Å². The zero-order valence-electron chi connectivity index (χ0n) is 20.8. The number of aliphatic carboxylic acids is 1. The molecule has 2 fully saturated rings. The van der Waals surface area contributed by atoms with Crippen molar-refractivity contribution in [2.45, 2.75) is 36.9 Å². The molecule has 1 heterocycles. The Labute approximate surface area is 218 Å². The molecule has 1 amide bonds. The number of fused-ring (bicyclic) bond motifs is 1. The van der Waals surface area contributed by atoms with Crippen molar-refractivity contribution in [2.75, 3.05) is 34.4 Å². The number of benzene rings is 2. The lowest BCUT2D eigenvalue weighted by Gasteiger charge is -2.43. The summed E-state index contributed by atoms with van der Waals surface area (Å²) < 4.78 is 42.7. The topological polar surface area (TPSA) is 88.1 Å². The minimum Gasteiger partial charge on any atom is -0.493 e. The summed E-state index contributed by atoms with van der Waals surface area (Å²) in [5, 5.41) is 10.9. The van der Waals surface area contributed by atoms with Gasteiger partial charge in [0.2, 0.25) is 0 Å². The van der Waals surface area contributed by atoms with Gasteiger partial charge < -0.3 is 24.8 Å². The molecule has 2 aromatic carbocycles. The van der Waals surface area contributed by atoms with Crippen molar-refractivity contribution >= 4 is 23.5 Å². The summed E-state index contributed by atoms with van der Waals surface area (Å²) in [6.07, 6.45) is -2.14. The van der Waals surface area contributed by atoms with Gasteiger partial charge in [0.1, 0.15) is 0 Å². The van der Waals surface area contributed by atoms with E-state index in [1.54, 1.807) is 32.4 Å². The Morgan fingerprint density at radius 1 is 1.14 bits per heavy atom. The normalized spacial score (nSPS) is 23.3. The van der Waals surface area contributed by atoms with Crippen LogP contribution in [0, 0.1) is 5.92 Å². The highest BCUT2D eigenvalue weighted by Crippen LogP contribution is 2.49. The number of carbonyl (C=O) groups is 2. The number of methoxy groups -OCH3 is 2. The zero-order chi connectivity index (χ0) is 27.4. The molecule has 0 radical (unpaired) electrons. The summed E-state index contributed by atoms with van der Waals surface area (Å²) in [6.45, 7) is 2.04. The van der Waals surface area contributed by atoms with Crippen molar-refractivity contribution < 1.29 is 37.3 Å². The minimum atomic E-state index is -5.08. The Kier molecular flexibility index (Phi) is 8.96. The fraction of sp³-hybridized carbons (Fsp3) is 0.462. The van der Waals surface area contributed by atoms with Gasteiger partial charge >= 0.3 is 12.1 Å². The first kappa shape index (κ1) is 28.6. The molecule has 11 heteroatoms. The second-order valence-corrected chi connectivity index (χ2v) is 9.81. The van der Waals surface area contributed by atoms with Crippen LogP contribution < -0.4 is 14.8 Å². The van der Waals surface area contributed by atoms with Gasteiger partial charge in [0, 0.05) is 35.1 Å². The molecule has 4 rings (SSSR count). The van der Waals surface area contributed by atoms with Crippen LogP contribution in [0.25, 0.3) is 0 Å². The average Bonchev–Trinajstić information content (AvgIpc) is 3.19. The van der Waals surface area contributed by atoms with E-state index in [9.17, 15) is 18.0 Å². The number of likely N-dealkylation sites (tertiary alicyclic amines) is 1. The summed E-state index contributed by atoms with van der Waals surface area (Å²) >= 11 is 6.05. The first-order valence-electron chi connectivity index (χ1n) is 11.7. The molecule has 7 nitrogen and oxygen atoms in total. The van der Waals surface area contributed by atoms with Gasteiger partial charge in [-0.05, 0) is 68.1 Å². The Morgan fingerprint density at radius 3 is 2.41 bits per heavy atom. The molecule has 2 N–H and O–H groups in total. The van der Waals surface area contributed by atoms with E-state index in [4.69, 9.17) is 31.0 Å². The smallest absolute Gasteiger partial charge is 0.490 e. The van der Waals surface area contributed by atoms with Crippen LogP contribution in [0.2, 0.25) is 5.02 Å². The maximum absolute atomic E-state index is 12.7. The van der Waals surface area contributed by atoms with Crippen LogP contribution in [0.4, 0.5) is 13.2 Å². The third-order valence-corrected chi connectivity index (χ3v) is 7.23. The number of carboxylic acid groups (broad SMARTS) is 1. The first-order chi connectivity index (χ1) is 17.4. The Balaban J connectivity index is 0.000000479. The molecule has 1 saturated carbocycles. The summed E-state index contributed by atoms with van der Waals surface area (Å²) in [4.78, 5) is 24.0. The summed E-state index contributed by atoms with van der Waals surface area (Å²) in [6, 6.07) is 13.6. The molecule has 0 unspecified atom stereocenters. The van der Waals surface area contributed by atoms with Crippen molar-refractivity contribution in [1.29, 1.82) is 0 Å². The average molecular weight is 543 g/mol. The van der Waals surface area contributed by atoms with Gasteiger partial charge in [-0.25, -0.2) is 4.79 Å². The molecule has 2 aromatic rings. The second kappa shape index (κ2) is 11.6. The molecule has 0 bridgehead atoms. The van der Waals surface area contributed by atoms with Crippen molar-refractivity contribution in [3.63, 3.8) is 0 Å². The van der Waals surface area contributed by atoms with Gasteiger partial charge in [0.25, 0.3) is 5.91 Å². The molecule has 1 aliphatic heterocycles. The number of hydrogen-bond donors (Lipinski definition) is 2. The maximum Gasteiger partial charge on any atom is 0.490 e. The molecule has 202 valence electrons. The van der Waals surface area contributed by atoms with Crippen molar-refractivity contribution in [2.24, 2.45) is 5.92 Å². The predicted molar refractivity (Wildman–Crippen MR) is 132 cm³/mol. The monoisotopic (exact) mass is 542 g/mol. The molecule has 3 atom stereocenters. The molecular weight excluding hydrogens is 513 g/mol. The number of carboxylic acids is 1. The number of amides is 1. The van der Waals surface area contributed by atoms with Crippen LogP contribution in [0.5, 0.6) is 11.5 Å². The Bertz CT molecular complexity index is 1130. The Morgan fingerprint density at radius 2 is 1.81 bits per heavy atom.